The zero-order valence-electron chi connectivity index (χ0n) is 18.5. The summed E-state index contributed by atoms with van der Waals surface area (Å²) in [6.07, 6.45) is 3.35. The Labute approximate surface area is 207 Å². The number of benzene rings is 2. The zero-order valence-corrected chi connectivity index (χ0v) is 20.8. The van der Waals surface area contributed by atoms with Gasteiger partial charge in [-0.05, 0) is 65.5 Å². The van der Waals surface area contributed by atoms with Crippen LogP contribution in [0.25, 0.3) is 0 Å². The van der Waals surface area contributed by atoms with Crippen LogP contribution in [-0.2, 0) is 9.53 Å². The van der Waals surface area contributed by atoms with Crippen molar-refractivity contribution in [2.45, 2.75) is 31.3 Å². The largest absolute Gasteiger partial charge is 0.490 e. The summed E-state index contributed by atoms with van der Waals surface area (Å²) in [6, 6.07) is 14.5. The van der Waals surface area contributed by atoms with Gasteiger partial charge in [-0.2, -0.15) is 0 Å². The van der Waals surface area contributed by atoms with Crippen molar-refractivity contribution in [3.8, 4) is 5.75 Å². The maximum atomic E-state index is 13.3. The summed E-state index contributed by atoms with van der Waals surface area (Å²) >= 11 is 9.58. The lowest BCUT2D eigenvalue weighted by atomic mass is 9.95. The highest BCUT2D eigenvalue weighted by atomic mass is 79.9. The number of nitrogens with zero attached hydrogens (tertiary/aromatic N) is 2. The Bertz CT molecular complexity index is 998. The number of carbonyl (C=O) groups excluding carboxylic acids is 2. The first-order chi connectivity index (χ1) is 16.0. The molecule has 4 rings (SSSR count). The molecule has 0 radical (unpaired) electrons. The molecule has 2 fully saturated rings. The smallest absolute Gasteiger partial charge is 0.255 e. The highest BCUT2D eigenvalue weighted by Gasteiger charge is 2.42. The second-order valence-corrected chi connectivity index (χ2v) is 9.89. The number of likely N-dealkylation sites (tertiary alicyclic amines) is 1. The van der Waals surface area contributed by atoms with Crippen LogP contribution in [0.3, 0.4) is 0 Å². The fraction of sp³-hybridized carbons (Fsp3) is 0.440. The number of halogens is 2. The van der Waals surface area contributed by atoms with Gasteiger partial charge in [0, 0.05) is 29.1 Å². The number of ether oxygens (including phenoxy) is 2. The van der Waals surface area contributed by atoms with E-state index < -0.39 is 5.60 Å². The molecule has 8 heteroatoms. The molecule has 2 amide bonds. The molecule has 2 saturated heterocycles. The lowest BCUT2D eigenvalue weighted by molar-refractivity contribution is -0.153. The number of carbonyl (C=O) groups is 2. The van der Waals surface area contributed by atoms with Crippen LogP contribution in [0.4, 0.5) is 0 Å². The third kappa shape index (κ3) is 6.08. The van der Waals surface area contributed by atoms with Crippen LogP contribution >= 0.6 is 27.5 Å². The average Bonchev–Trinajstić information content (AvgIpc) is 2.83. The topological polar surface area (TPSA) is 59.1 Å². The Morgan fingerprint density at radius 3 is 2.58 bits per heavy atom. The minimum Gasteiger partial charge on any atom is -0.490 e. The number of hydrogen-bond donors (Lipinski definition) is 0. The summed E-state index contributed by atoms with van der Waals surface area (Å²) < 4.78 is 13.0. The zero-order chi connectivity index (χ0) is 23.3. The summed E-state index contributed by atoms with van der Waals surface area (Å²) in [5, 5.41) is 0.571. The van der Waals surface area contributed by atoms with Crippen molar-refractivity contribution in [1.29, 1.82) is 0 Å². The van der Waals surface area contributed by atoms with Crippen molar-refractivity contribution < 1.29 is 19.1 Å². The molecule has 6 nitrogen and oxygen atoms in total. The van der Waals surface area contributed by atoms with Gasteiger partial charge in [-0.3, -0.25) is 9.59 Å². The number of amides is 2. The first-order valence-corrected chi connectivity index (χ1v) is 12.5. The van der Waals surface area contributed by atoms with E-state index in [0.717, 1.165) is 36.8 Å². The minimum atomic E-state index is -0.938. The van der Waals surface area contributed by atoms with Crippen LogP contribution in [-0.4, -0.2) is 66.6 Å². The predicted octanol–water partition coefficient (Wildman–Crippen LogP) is 4.80. The standard InChI is InChI=1S/C25H28BrClN2O4/c26-22-10-3-2-9-21(22)24(31)29-13-14-33-25(17-29,16-23(30)28-11-4-1-5-12-28)18-32-20-8-6-7-19(27)15-20/h2-3,6-10,15H,1,4-5,11-14,16-18H2. The second kappa shape index (κ2) is 10.9. The lowest BCUT2D eigenvalue weighted by Gasteiger charge is -2.43. The van der Waals surface area contributed by atoms with Gasteiger partial charge in [0.2, 0.25) is 5.91 Å². The van der Waals surface area contributed by atoms with E-state index in [9.17, 15) is 9.59 Å². The molecule has 1 unspecified atom stereocenters. The average molecular weight is 536 g/mol. The van der Waals surface area contributed by atoms with Gasteiger partial charge in [0.1, 0.15) is 18.0 Å². The Morgan fingerprint density at radius 2 is 1.82 bits per heavy atom. The second-order valence-electron chi connectivity index (χ2n) is 8.60. The van der Waals surface area contributed by atoms with E-state index in [1.165, 1.54) is 0 Å². The molecule has 176 valence electrons. The van der Waals surface area contributed by atoms with E-state index in [0.29, 0.717) is 29.5 Å². The van der Waals surface area contributed by atoms with Crippen LogP contribution in [0.15, 0.2) is 53.0 Å². The summed E-state index contributed by atoms with van der Waals surface area (Å²) in [5.74, 6) is 0.549. The van der Waals surface area contributed by atoms with Gasteiger partial charge in [-0.1, -0.05) is 29.8 Å². The van der Waals surface area contributed by atoms with Gasteiger partial charge < -0.3 is 19.3 Å². The van der Waals surface area contributed by atoms with Crippen LogP contribution in [0, 0.1) is 0 Å². The van der Waals surface area contributed by atoms with Gasteiger partial charge in [0.15, 0.2) is 0 Å². The van der Waals surface area contributed by atoms with Crippen LogP contribution < -0.4 is 4.74 Å². The van der Waals surface area contributed by atoms with Gasteiger partial charge in [0.25, 0.3) is 5.91 Å². The molecule has 1 atom stereocenters. The lowest BCUT2D eigenvalue weighted by Crippen LogP contribution is -2.58. The normalized spacial score (nSPS) is 21.0. The van der Waals surface area contributed by atoms with Crippen molar-refractivity contribution in [3.63, 3.8) is 0 Å². The van der Waals surface area contributed by atoms with Crippen LogP contribution in [0.5, 0.6) is 5.75 Å². The third-order valence-corrected chi connectivity index (χ3v) is 7.05. The van der Waals surface area contributed by atoms with Crippen LogP contribution in [0.2, 0.25) is 5.02 Å². The number of rotatable bonds is 6. The molecule has 0 bridgehead atoms. The molecule has 0 aromatic heterocycles. The SMILES string of the molecule is O=C(CC1(COc2cccc(Cl)c2)CN(C(=O)c2ccccc2Br)CCO1)N1CCCCC1. The van der Waals surface area contributed by atoms with Gasteiger partial charge in [0.05, 0.1) is 25.1 Å². The number of hydrogen-bond acceptors (Lipinski definition) is 4. The molecule has 2 aromatic rings. The number of piperidine rings is 1. The predicted molar refractivity (Wildman–Crippen MR) is 131 cm³/mol. The van der Waals surface area contributed by atoms with Crippen molar-refractivity contribution in [2.75, 3.05) is 39.4 Å². The molecule has 2 aliphatic heterocycles. The number of morpholine rings is 1. The first kappa shape index (κ1) is 24.0. The van der Waals surface area contributed by atoms with Gasteiger partial charge >= 0.3 is 0 Å². The molecule has 0 spiro atoms. The molecule has 33 heavy (non-hydrogen) atoms. The highest BCUT2D eigenvalue weighted by Crippen LogP contribution is 2.29. The van der Waals surface area contributed by atoms with E-state index in [4.69, 9.17) is 21.1 Å². The van der Waals surface area contributed by atoms with E-state index in [1.807, 2.05) is 35.2 Å². The molecule has 2 aromatic carbocycles. The molecular weight excluding hydrogens is 508 g/mol. The molecule has 0 aliphatic carbocycles. The van der Waals surface area contributed by atoms with Gasteiger partial charge in [-0.15, -0.1) is 0 Å². The minimum absolute atomic E-state index is 0.0413. The van der Waals surface area contributed by atoms with Gasteiger partial charge in [-0.25, -0.2) is 0 Å². The summed E-state index contributed by atoms with van der Waals surface area (Å²) in [4.78, 5) is 30.2. The maximum absolute atomic E-state index is 13.3. The Morgan fingerprint density at radius 1 is 1.03 bits per heavy atom. The summed E-state index contributed by atoms with van der Waals surface area (Å²) in [6.45, 7) is 2.74. The van der Waals surface area contributed by atoms with Crippen molar-refractivity contribution >= 4 is 39.3 Å². The van der Waals surface area contributed by atoms with Crippen LogP contribution in [0.1, 0.15) is 36.0 Å². The molecule has 2 heterocycles. The van der Waals surface area contributed by atoms with E-state index in [1.54, 1.807) is 23.1 Å². The fourth-order valence-electron chi connectivity index (χ4n) is 4.37. The highest BCUT2D eigenvalue weighted by molar-refractivity contribution is 9.10. The summed E-state index contributed by atoms with van der Waals surface area (Å²) in [5.41, 5.74) is -0.349. The quantitative estimate of drug-likeness (QED) is 0.533. The van der Waals surface area contributed by atoms with E-state index >= 15 is 0 Å². The Hall–Kier alpha value is -2.09. The molecular formula is C25H28BrClN2O4. The Kier molecular flexibility index (Phi) is 7.94. The Balaban J connectivity index is 1.54. The van der Waals surface area contributed by atoms with E-state index in [2.05, 4.69) is 15.9 Å². The first-order valence-electron chi connectivity index (χ1n) is 11.3. The molecule has 2 aliphatic rings. The monoisotopic (exact) mass is 534 g/mol. The van der Waals surface area contributed by atoms with E-state index in [-0.39, 0.29) is 31.4 Å². The maximum Gasteiger partial charge on any atom is 0.255 e. The summed E-state index contributed by atoms with van der Waals surface area (Å²) in [7, 11) is 0. The molecule has 0 saturated carbocycles. The van der Waals surface area contributed by atoms with Crippen molar-refractivity contribution in [1.82, 2.24) is 9.80 Å². The fourth-order valence-corrected chi connectivity index (χ4v) is 5.01. The molecule has 0 N–H and O–H groups in total. The van der Waals surface area contributed by atoms with Crippen molar-refractivity contribution in [3.05, 3.63) is 63.6 Å². The third-order valence-electron chi connectivity index (χ3n) is 6.12. The van der Waals surface area contributed by atoms with Crippen molar-refractivity contribution in [2.24, 2.45) is 0 Å².